The van der Waals surface area contributed by atoms with Crippen molar-refractivity contribution in [1.82, 2.24) is 9.80 Å². The quantitative estimate of drug-likeness (QED) is 0.862. The predicted octanol–water partition coefficient (Wildman–Crippen LogP) is 1.55. The Labute approximate surface area is 110 Å². The molecule has 1 saturated heterocycles. The molecule has 0 aromatic carbocycles. The normalized spacial score (nSPS) is 20.4. The summed E-state index contributed by atoms with van der Waals surface area (Å²) in [6.45, 7) is 4.21. The molecule has 0 aliphatic carbocycles. The van der Waals surface area contributed by atoms with Crippen molar-refractivity contribution < 1.29 is 4.42 Å². The van der Waals surface area contributed by atoms with Crippen LogP contribution >= 0.6 is 0 Å². The summed E-state index contributed by atoms with van der Waals surface area (Å²) in [7, 11) is 4.37. The van der Waals surface area contributed by atoms with E-state index in [0.717, 1.165) is 12.5 Å². The summed E-state index contributed by atoms with van der Waals surface area (Å²) in [6.07, 6.45) is 6.12. The first-order valence-corrected chi connectivity index (χ1v) is 6.81. The van der Waals surface area contributed by atoms with Crippen molar-refractivity contribution in [2.45, 2.75) is 18.9 Å². The van der Waals surface area contributed by atoms with Crippen LogP contribution in [0.1, 0.15) is 24.4 Å². The molecule has 0 bridgehead atoms. The van der Waals surface area contributed by atoms with E-state index in [2.05, 4.69) is 23.9 Å². The lowest BCUT2D eigenvalue weighted by Crippen LogP contribution is -2.38. The van der Waals surface area contributed by atoms with Crippen LogP contribution in [-0.4, -0.2) is 50.1 Å². The minimum atomic E-state index is 0.281. The summed E-state index contributed by atoms with van der Waals surface area (Å²) in [5.74, 6) is 0.798. The SMILES string of the molecule is CN1CCC(CN(C)C(CN)c2ccoc2)CC1. The zero-order chi connectivity index (χ0) is 13.0. The van der Waals surface area contributed by atoms with Crippen molar-refractivity contribution in [1.29, 1.82) is 0 Å². The largest absolute Gasteiger partial charge is 0.472 e. The number of hydrogen-bond donors (Lipinski definition) is 1. The fourth-order valence-electron chi connectivity index (χ4n) is 2.81. The van der Waals surface area contributed by atoms with Gasteiger partial charge in [-0.3, -0.25) is 4.90 Å². The molecule has 0 saturated carbocycles. The van der Waals surface area contributed by atoms with Crippen LogP contribution in [0.25, 0.3) is 0 Å². The second-order valence-electron chi connectivity index (χ2n) is 5.49. The highest BCUT2D eigenvalue weighted by atomic mass is 16.3. The standard InChI is InChI=1S/C14H25N3O/c1-16-6-3-12(4-7-16)10-17(2)14(9-15)13-5-8-18-11-13/h5,8,11-12,14H,3-4,6-7,9-10,15H2,1-2H3. The molecule has 1 unspecified atom stereocenters. The summed E-state index contributed by atoms with van der Waals surface area (Å²) in [4.78, 5) is 4.79. The Bertz CT molecular complexity index is 331. The molecule has 2 heterocycles. The molecular formula is C14H25N3O. The molecule has 2 rings (SSSR count). The first-order valence-electron chi connectivity index (χ1n) is 6.81. The lowest BCUT2D eigenvalue weighted by Gasteiger charge is -2.34. The van der Waals surface area contributed by atoms with Crippen molar-refractivity contribution >= 4 is 0 Å². The van der Waals surface area contributed by atoms with Crippen LogP contribution in [0.5, 0.6) is 0 Å². The molecular weight excluding hydrogens is 226 g/mol. The minimum Gasteiger partial charge on any atom is -0.472 e. The second-order valence-corrected chi connectivity index (χ2v) is 5.49. The van der Waals surface area contributed by atoms with E-state index < -0.39 is 0 Å². The number of likely N-dealkylation sites (tertiary alicyclic amines) is 1. The maximum Gasteiger partial charge on any atom is 0.0950 e. The van der Waals surface area contributed by atoms with Crippen LogP contribution in [0.2, 0.25) is 0 Å². The Hall–Kier alpha value is -0.840. The first kappa shape index (κ1) is 13.6. The van der Waals surface area contributed by atoms with Crippen molar-refractivity contribution in [2.24, 2.45) is 11.7 Å². The van der Waals surface area contributed by atoms with E-state index in [1.165, 1.54) is 31.5 Å². The molecule has 4 nitrogen and oxygen atoms in total. The zero-order valence-electron chi connectivity index (χ0n) is 11.5. The number of nitrogens with zero attached hydrogens (tertiary/aromatic N) is 2. The molecule has 2 N–H and O–H groups in total. The van der Waals surface area contributed by atoms with Gasteiger partial charge in [0.2, 0.25) is 0 Å². The lowest BCUT2D eigenvalue weighted by molar-refractivity contribution is 0.151. The van der Waals surface area contributed by atoms with Gasteiger partial charge in [0.15, 0.2) is 0 Å². The Balaban J connectivity index is 1.88. The Kier molecular flexibility index (Phi) is 4.80. The maximum absolute atomic E-state index is 5.90. The van der Waals surface area contributed by atoms with E-state index in [9.17, 15) is 0 Å². The van der Waals surface area contributed by atoms with Gasteiger partial charge in [-0.05, 0) is 52.0 Å². The third-order valence-electron chi connectivity index (χ3n) is 4.07. The van der Waals surface area contributed by atoms with Gasteiger partial charge < -0.3 is 15.1 Å². The van der Waals surface area contributed by atoms with Gasteiger partial charge in [0.05, 0.1) is 12.5 Å². The molecule has 1 fully saturated rings. The van der Waals surface area contributed by atoms with E-state index in [4.69, 9.17) is 10.2 Å². The molecule has 0 radical (unpaired) electrons. The molecule has 0 amide bonds. The highest BCUT2D eigenvalue weighted by Gasteiger charge is 2.22. The van der Waals surface area contributed by atoms with Gasteiger partial charge >= 0.3 is 0 Å². The lowest BCUT2D eigenvalue weighted by atomic mass is 9.95. The molecule has 18 heavy (non-hydrogen) atoms. The van der Waals surface area contributed by atoms with E-state index in [1.807, 2.05) is 12.3 Å². The van der Waals surface area contributed by atoms with Gasteiger partial charge in [0.25, 0.3) is 0 Å². The Morgan fingerprint density at radius 1 is 1.50 bits per heavy atom. The average Bonchev–Trinajstić information content (AvgIpc) is 2.87. The third kappa shape index (κ3) is 3.34. The molecule has 1 aliphatic rings. The van der Waals surface area contributed by atoms with Crippen LogP contribution < -0.4 is 5.73 Å². The van der Waals surface area contributed by atoms with Gasteiger partial charge in [0, 0.05) is 24.7 Å². The number of likely N-dealkylation sites (N-methyl/N-ethyl adjacent to an activating group) is 1. The fraction of sp³-hybridized carbons (Fsp3) is 0.714. The van der Waals surface area contributed by atoms with E-state index >= 15 is 0 Å². The van der Waals surface area contributed by atoms with Crippen LogP contribution in [0.4, 0.5) is 0 Å². The van der Waals surface area contributed by atoms with Crippen LogP contribution in [0.3, 0.4) is 0 Å². The molecule has 0 spiro atoms. The first-order chi connectivity index (χ1) is 8.70. The molecule has 1 aromatic heterocycles. The summed E-state index contributed by atoms with van der Waals surface area (Å²) in [5.41, 5.74) is 7.09. The van der Waals surface area contributed by atoms with Crippen molar-refractivity contribution in [2.75, 3.05) is 40.3 Å². The molecule has 1 aliphatic heterocycles. The Morgan fingerprint density at radius 2 is 2.22 bits per heavy atom. The number of nitrogens with two attached hydrogens (primary N) is 1. The monoisotopic (exact) mass is 251 g/mol. The topological polar surface area (TPSA) is 45.6 Å². The minimum absolute atomic E-state index is 0.281. The molecule has 4 heteroatoms. The molecule has 102 valence electrons. The van der Waals surface area contributed by atoms with Gasteiger partial charge in [-0.15, -0.1) is 0 Å². The summed E-state index contributed by atoms with van der Waals surface area (Å²) in [5, 5.41) is 0. The number of piperidine rings is 1. The van der Waals surface area contributed by atoms with Crippen molar-refractivity contribution in [3.8, 4) is 0 Å². The van der Waals surface area contributed by atoms with Crippen LogP contribution in [0.15, 0.2) is 23.0 Å². The van der Waals surface area contributed by atoms with Crippen molar-refractivity contribution in [3.05, 3.63) is 24.2 Å². The van der Waals surface area contributed by atoms with E-state index in [-0.39, 0.29) is 6.04 Å². The zero-order valence-corrected chi connectivity index (χ0v) is 11.5. The summed E-state index contributed by atoms with van der Waals surface area (Å²) >= 11 is 0. The summed E-state index contributed by atoms with van der Waals surface area (Å²) < 4.78 is 5.16. The number of rotatable bonds is 5. The maximum atomic E-state index is 5.90. The second kappa shape index (κ2) is 6.36. The van der Waals surface area contributed by atoms with Gasteiger partial charge in [-0.1, -0.05) is 0 Å². The number of furan rings is 1. The molecule has 1 atom stereocenters. The molecule has 1 aromatic rings. The van der Waals surface area contributed by atoms with Crippen molar-refractivity contribution in [3.63, 3.8) is 0 Å². The smallest absolute Gasteiger partial charge is 0.0950 e. The Morgan fingerprint density at radius 3 is 2.78 bits per heavy atom. The number of hydrogen-bond acceptors (Lipinski definition) is 4. The van der Waals surface area contributed by atoms with Gasteiger partial charge in [-0.25, -0.2) is 0 Å². The van der Waals surface area contributed by atoms with E-state index in [1.54, 1.807) is 6.26 Å². The van der Waals surface area contributed by atoms with Gasteiger partial charge in [-0.2, -0.15) is 0 Å². The highest BCUT2D eigenvalue weighted by Crippen LogP contribution is 2.23. The van der Waals surface area contributed by atoms with Crippen LogP contribution in [0, 0.1) is 5.92 Å². The average molecular weight is 251 g/mol. The van der Waals surface area contributed by atoms with E-state index in [0.29, 0.717) is 6.54 Å². The predicted molar refractivity (Wildman–Crippen MR) is 73.4 cm³/mol. The summed E-state index contributed by atoms with van der Waals surface area (Å²) in [6, 6.07) is 2.30. The third-order valence-corrected chi connectivity index (χ3v) is 4.07. The van der Waals surface area contributed by atoms with Gasteiger partial charge in [0.1, 0.15) is 0 Å². The fourth-order valence-corrected chi connectivity index (χ4v) is 2.81. The van der Waals surface area contributed by atoms with Crippen LogP contribution in [-0.2, 0) is 0 Å². The highest BCUT2D eigenvalue weighted by molar-refractivity contribution is 5.12.